The molecule has 100 valence electrons. The molecule has 19 heavy (non-hydrogen) atoms. The molecule has 3 rings (SSSR count). The van der Waals surface area contributed by atoms with Crippen LogP contribution in [0.3, 0.4) is 0 Å². The number of cyclic esters (lactones) is 1. The quantitative estimate of drug-likeness (QED) is 0.444. The van der Waals surface area contributed by atoms with Gasteiger partial charge in [-0.1, -0.05) is 31.2 Å². The molecule has 1 aliphatic heterocycles. The van der Waals surface area contributed by atoms with Crippen LogP contribution in [0.25, 0.3) is 0 Å². The molecule has 0 radical (unpaired) electrons. The van der Waals surface area contributed by atoms with E-state index in [1.807, 2.05) is 13.0 Å². The smallest absolute Gasteiger partial charge is 0.334 e. The van der Waals surface area contributed by atoms with Crippen LogP contribution in [0.2, 0.25) is 0 Å². The SMILES string of the molecule is C=C1C(=O)OC[C@@H]2C(C(=O)O)=C[C@@H]3[C@H](C)C(C)=C[C@@]123. The van der Waals surface area contributed by atoms with Crippen molar-refractivity contribution in [3.63, 3.8) is 0 Å². The molecule has 0 aromatic carbocycles. The number of carbonyl (C=O) groups is 2. The van der Waals surface area contributed by atoms with Crippen molar-refractivity contribution in [1.82, 2.24) is 0 Å². The third-order valence-electron chi connectivity index (χ3n) is 4.98. The molecule has 4 nitrogen and oxygen atoms in total. The summed E-state index contributed by atoms with van der Waals surface area (Å²) in [7, 11) is 0. The molecule has 0 bridgehead atoms. The molecular formula is C15H16O4. The average molecular weight is 260 g/mol. The van der Waals surface area contributed by atoms with Gasteiger partial charge in [-0.15, -0.1) is 0 Å². The lowest BCUT2D eigenvalue weighted by Gasteiger charge is -2.40. The molecule has 0 amide bonds. The highest BCUT2D eigenvalue weighted by atomic mass is 16.5. The normalized spacial score (nSPS) is 40.2. The van der Waals surface area contributed by atoms with Gasteiger partial charge in [0.2, 0.25) is 0 Å². The van der Waals surface area contributed by atoms with Gasteiger partial charge in [0.05, 0.1) is 6.61 Å². The van der Waals surface area contributed by atoms with E-state index in [0.29, 0.717) is 11.1 Å². The molecule has 3 aliphatic rings. The van der Waals surface area contributed by atoms with E-state index >= 15 is 0 Å². The molecule has 0 saturated carbocycles. The number of hydrogen-bond acceptors (Lipinski definition) is 3. The summed E-state index contributed by atoms with van der Waals surface area (Å²) in [6, 6.07) is 0. The molecule has 0 unspecified atom stereocenters. The molecule has 1 N–H and O–H groups in total. The molecule has 4 atom stereocenters. The van der Waals surface area contributed by atoms with Crippen molar-refractivity contribution in [2.75, 3.05) is 6.61 Å². The topological polar surface area (TPSA) is 63.6 Å². The molecule has 1 saturated heterocycles. The summed E-state index contributed by atoms with van der Waals surface area (Å²) < 4.78 is 5.09. The molecular weight excluding hydrogens is 244 g/mol. The molecule has 4 heteroatoms. The number of ether oxygens (including phenoxy) is 1. The van der Waals surface area contributed by atoms with Gasteiger partial charge in [0, 0.05) is 22.5 Å². The largest absolute Gasteiger partial charge is 0.478 e. The summed E-state index contributed by atoms with van der Waals surface area (Å²) in [5.41, 5.74) is 1.36. The Hall–Kier alpha value is -1.84. The van der Waals surface area contributed by atoms with Gasteiger partial charge in [-0.3, -0.25) is 0 Å². The second kappa shape index (κ2) is 3.59. The van der Waals surface area contributed by atoms with Crippen molar-refractivity contribution < 1.29 is 19.4 Å². The Bertz CT molecular complexity index is 569. The van der Waals surface area contributed by atoms with E-state index in [0.717, 1.165) is 0 Å². The van der Waals surface area contributed by atoms with Gasteiger partial charge in [0.15, 0.2) is 0 Å². The van der Waals surface area contributed by atoms with Crippen molar-refractivity contribution in [3.05, 3.63) is 35.5 Å². The van der Waals surface area contributed by atoms with Crippen LogP contribution in [0.4, 0.5) is 0 Å². The van der Waals surface area contributed by atoms with Crippen molar-refractivity contribution in [3.8, 4) is 0 Å². The number of carbonyl (C=O) groups excluding carboxylic acids is 1. The van der Waals surface area contributed by atoms with Crippen LogP contribution in [-0.4, -0.2) is 23.7 Å². The van der Waals surface area contributed by atoms with Crippen LogP contribution in [0, 0.1) is 23.2 Å². The van der Waals surface area contributed by atoms with Crippen LogP contribution in [0.5, 0.6) is 0 Å². The highest BCUT2D eigenvalue weighted by molar-refractivity contribution is 5.95. The maximum Gasteiger partial charge on any atom is 0.334 e. The first-order valence-electron chi connectivity index (χ1n) is 6.40. The Kier molecular flexibility index (Phi) is 2.31. The van der Waals surface area contributed by atoms with E-state index in [4.69, 9.17) is 4.74 Å². The van der Waals surface area contributed by atoms with Gasteiger partial charge in [-0.25, -0.2) is 9.59 Å². The van der Waals surface area contributed by atoms with Gasteiger partial charge >= 0.3 is 11.9 Å². The number of allylic oxidation sites excluding steroid dienone is 3. The summed E-state index contributed by atoms with van der Waals surface area (Å²) in [5, 5.41) is 9.35. The number of esters is 1. The van der Waals surface area contributed by atoms with E-state index in [1.54, 1.807) is 6.08 Å². The minimum absolute atomic E-state index is 0.00366. The fourth-order valence-corrected chi connectivity index (χ4v) is 3.85. The maximum atomic E-state index is 11.8. The summed E-state index contributed by atoms with van der Waals surface area (Å²) in [5.74, 6) is -1.41. The second-order valence-electron chi connectivity index (χ2n) is 5.69. The predicted molar refractivity (Wildman–Crippen MR) is 68.2 cm³/mol. The van der Waals surface area contributed by atoms with Gasteiger partial charge < -0.3 is 9.84 Å². The predicted octanol–water partition coefficient (Wildman–Crippen LogP) is 1.94. The van der Waals surface area contributed by atoms with Crippen LogP contribution in [-0.2, 0) is 14.3 Å². The van der Waals surface area contributed by atoms with E-state index in [2.05, 4.69) is 13.5 Å². The van der Waals surface area contributed by atoms with E-state index in [9.17, 15) is 14.7 Å². The minimum atomic E-state index is -0.928. The van der Waals surface area contributed by atoms with Crippen LogP contribution < -0.4 is 0 Å². The summed E-state index contributed by atoms with van der Waals surface area (Å²) in [6.45, 7) is 8.11. The first-order chi connectivity index (χ1) is 8.89. The zero-order valence-electron chi connectivity index (χ0n) is 11.0. The molecule has 0 aromatic rings. The van der Waals surface area contributed by atoms with Crippen molar-refractivity contribution in [2.45, 2.75) is 13.8 Å². The van der Waals surface area contributed by atoms with Crippen molar-refractivity contribution in [1.29, 1.82) is 0 Å². The summed E-state index contributed by atoms with van der Waals surface area (Å²) in [6.07, 6.45) is 3.85. The third-order valence-corrected chi connectivity index (χ3v) is 4.98. The number of carboxylic acid groups (broad SMARTS) is 1. The van der Waals surface area contributed by atoms with E-state index in [-0.39, 0.29) is 24.4 Å². The zero-order valence-corrected chi connectivity index (χ0v) is 11.0. The van der Waals surface area contributed by atoms with Gasteiger partial charge in [-0.2, -0.15) is 0 Å². The molecule has 1 fully saturated rings. The highest BCUT2D eigenvalue weighted by Gasteiger charge is 2.61. The Morgan fingerprint density at radius 3 is 2.89 bits per heavy atom. The lowest BCUT2D eigenvalue weighted by Crippen LogP contribution is -2.43. The Morgan fingerprint density at radius 2 is 2.26 bits per heavy atom. The van der Waals surface area contributed by atoms with E-state index in [1.165, 1.54) is 5.57 Å². The summed E-state index contributed by atoms with van der Waals surface area (Å²) >= 11 is 0. The second-order valence-corrected chi connectivity index (χ2v) is 5.69. The lowest BCUT2D eigenvalue weighted by molar-refractivity contribution is -0.148. The Balaban J connectivity index is 2.18. The maximum absolute atomic E-state index is 11.8. The minimum Gasteiger partial charge on any atom is -0.478 e. The lowest BCUT2D eigenvalue weighted by atomic mass is 9.65. The standard InChI is InChI=1S/C15H16O4/c1-7-5-15-9(3)14(18)19-6-12(15)10(13(16)17)4-11(15)8(7)2/h4-5,8,11-12H,3,6H2,1-2H3,(H,16,17)/t8-,11-,12-,15+/m1/s1. The van der Waals surface area contributed by atoms with Crippen LogP contribution >= 0.6 is 0 Å². The monoisotopic (exact) mass is 260 g/mol. The van der Waals surface area contributed by atoms with Crippen LogP contribution in [0.1, 0.15) is 13.8 Å². The molecule has 1 spiro atoms. The first kappa shape index (κ1) is 12.2. The number of hydrogen-bond donors (Lipinski definition) is 1. The van der Waals surface area contributed by atoms with Crippen LogP contribution in [0.15, 0.2) is 35.5 Å². The molecule has 2 aliphatic carbocycles. The zero-order chi connectivity index (χ0) is 13.9. The average Bonchev–Trinajstić information content (AvgIpc) is 2.80. The number of aliphatic carboxylic acids is 1. The fourth-order valence-electron chi connectivity index (χ4n) is 3.85. The number of rotatable bonds is 1. The number of carboxylic acids is 1. The third kappa shape index (κ3) is 1.29. The van der Waals surface area contributed by atoms with Gasteiger partial charge in [-0.05, 0) is 18.8 Å². The molecule has 0 aromatic heterocycles. The first-order valence-corrected chi connectivity index (χ1v) is 6.40. The van der Waals surface area contributed by atoms with Crippen molar-refractivity contribution >= 4 is 11.9 Å². The van der Waals surface area contributed by atoms with Gasteiger partial charge in [0.25, 0.3) is 0 Å². The van der Waals surface area contributed by atoms with Crippen molar-refractivity contribution in [2.24, 2.45) is 23.2 Å². The molecule has 1 heterocycles. The van der Waals surface area contributed by atoms with Gasteiger partial charge in [0.1, 0.15) is 0 Å². The Labute approximate surface area is 111 Å². The summed E-state index contributed by atoms with van der Waals surface area (Å²) in [4.78, 5) is 23.2. The Morgan fingerprint density at radius 1 is 1.58 bits per heavy atom. The van der Waals surface area contributed by atoms with E-state index < -0.39 is 17.4 Å². The fraction of sp³-hybridized carbons (Fsp3) is 0.467. The highest BCUT2D eigenvalue weighted by Crippen LogP contribution is 2.62.